The van der Waals surface area contributed by atoms with Crippen LogP contribution in [0.2, 0.25) is 10.0 Å². The minimum Gasteiger partial charge on any atom is -0.465 e. The van der Waals surface area contributed by atoms with Crippen LogP contribution in [0.1, 0.15) is 32.1 Å². The SMILES string of the molecule is COC(=O)c1cc(-c2cnn(-c3c(I)cc(C(F)(C(F)(F)F)C(F)(F)F)n3C)c2)ccc1Cl.COC(=O)c1cc(-c2cnn(-c3ccc(C(F)(C(F)(F)F)C(F)(F)F)n3C)c2)ccc1Cl. The van der Waals surface area contributed by atoms with Crippen LogP contribution in [-0.2, 0) is 34.9 Å². The highest BCUT2D eigenvalue weighted by Gasteiger charge is 2.76. The molecule has 0 fully saturated rings. The van der Waals surface area contributed by atoms with Gasteiger partial charge in [0.2, 0.25) is 0 Å². The predicted molar refractivity (Wildman–Crippen MR) is 211 cm³/mol. The molecule has 0 spiro atoms. The lowest BCUT2D eigenvalue weighted by Crippen LogP contribution is -2.51. The number of halogens is 17. The molecular formula is C38H25Cl2F14IN6O4. The second kappa shape index (κ2) is 17.8. The average molecular weight is 1090 g/mol. The Bertz CT molecular complexity index is 2720. The second-order valence-corrected chi connectivity index (χ2v) is 15.4. The van der Waals surface area contributed by atoms with Gasteiger partial charge in [0.05, 0.1) is 62.7 Å². The third-order valence-corrected chi connectivity index (χ3v) is 11.0. The second-order valence-electron chi connectivity index (χ2n) is 13.4. The van der Waals surface area contributed by atoms with Gasteiger partial charge in [0.15, 0.2) is 0 Å². The molecule has 0 aliphatic rings. The van der Waals surface area contributed by atoms with Crippen LogP contribution in [0.15, 0.2) is 79.4 Å². The van der Waals surface area contributed by atoms with Crippen molar-refractivity contribution in [3.05, 3.63) is 116 Å². The van der Waals surface area contributed by atoms with Crippen LogP contribution in [0, 0.1) is 3.57 Å². The quantitative estimate of drug-likeness (QED) is 0.0855. The number of carbonyl (C=O) groups is 2. The smallest absolute Gasteiger partial charge is 0.437 e. The van der Waals surface area contributed by atoms with Crippen LogP contribution in [0.4, 0.5) is 61.5 Å². The van der Waals surface area contributed by atoms with Crippen molar-refractivity contribution < 1.29 is 80.5 Å². The summed E-state index contributed by atoms with van der Waals surface area (Å²) >= 11 is 13.4. The van der Waals surface area contributed by atoms with E-state index in [4.69, 9.17) is 23.2 Å². The zero-order valence-electron chi connectivity index (χ0n) is 32.7. The highest BCUT2D eigenvalue weighted by Crippen LogP contribution is 2.55. The molecule has 2 aromatic carbocycles. The zero-order chi connectivity index (χ0) is 49.0. The van der Waals surface area contributed by atoms with E-state index in [1.54, 1.807) is 0 Å². The first kappa shape index (κ1) is 50.7. The monoisotopic (exact) mass is 1090 g/mol. The normalized spacial score (nSPS) is 12.8. The number of nitrogens with zero attached hydrogens (tertiary/aromatic N) is 6. The van der Waals surface area contributed by atoms with Gasteiger partial charge in [0.25, 0.3) is 0 Å². The lowest BCUT2D eigenvalue weighted by Gasteiger charge is -2.30. The van der Waals surface area contributed by atoms with Gasteiger partial charge in [0.1, 0.15) is 11.6 Å². The number of carbonyl (C=O) groups excluding carboxylic acids is 2. The van der Waals surface area contributed by atoms with Crippen molar-refractivity contribution in [3.63, 3.8) is 0 Å². The van der Waals surface area contributed by atoms with Crippen LogP contribution >= 0.6 is 45.8 Å². The number of methoxy groups -OCH3 is 2. The van der Waals surface area contributed by atoms with Crippen molar-refractivity contribution in [1.82, 2.24) is 28.7 Å². The average Bonchev–Trinajstić information content (AvgIpc) is 4.02. The van der Waals surface area contributed by atoms with Crippen molar-refractivity contribution in [3.8, 4) is 33.9 Å². The first-order valence-electron chi connectivity index (χ1n) is 17.4. The van der Waals surface area contributed by atoms with E-state index in [-0.39, 0.29) is 36.4 Å². The number of hydrogen-bond acceptors (Lipinski definition) is 6. The van der Waals surface area contributed by atoms with E-state index in [2.05, 4.69) is 19.7 Å². The molecule has 4 aromatic heterocycles. The summed E-state index contributed by atoms with van der Waals surface area (Å²) in [5.41, 5.74) is -12.8. The van der Waals surface area contributed by atoms with Gasteiger partial charge in [-0.1, -0.05) is 35.3 Å². The molecule has 0 amide bonds. The van der Waals surface area contributed by atoms with Gasteiger partial charge in [-0.15, -0.1) is 0 Å². The Morgan fingerprint density at radius 2 is 0.954 bits per heavy atom. The fourth-order valence-corrected chi connectivity index (χ4v) is 7.55. The molecule has 6 aromatic rings. The molecule has 0 radical (unpaired) electrons. The van der Waals surface area contributed by atoms with Crippen molar-refractivity contribution in [2.24, 2.45) is 14.1 Å². The maximum atomic E-state index is 14.6. The Balaban J connectivity index is 0.000000244. The minimum absolute atomic E-state index is 0.0396. The van der Waals surface area contributed by atoms with Crippen molar-refractivity contribution in [2.75, 3.05) is 14.2 Å². The van der Waals surface area contributed by atoms with E-state index in [0.717, 1.165) is 43.7 Å². The molecule has 0 aliphatic carbocycles. The molecule has 350 valence electrons. The standard InChI is InChI=1S/C19H12ClF7IN3O2.C19H13ClF7N3O2/c1-30-14(17(21,18(22,23)24)19(25,26)27)6-13(28)15(30)31-8-10(7-29-31)9-3-4-12(20)11(5-9)16(32)33-2;1-29-14(17(21,18(22,23)24)19(25,26)27)5-6-15(29)30-9-11(8-28-30)10-3-4-13(20)12(7-10)16(31)32-2/h3-8H,1-2H3;3-9H,1-2H3. The molecule has 0 saturated heterocycles. The molecule has 6 rings (SSSR count). The zero-order valence-corrected chi connectivity index (χ0v) is 36.4. The van der Waals surface area contributed by atoms with Crippen LogP contribution in [0.25, 0.3) is 33.9 Å². The Labute approximate surface area is 379 Å². The summed E-state index contributed by atoms with van der Waals surface area (Å²) in [7, 11) is 4.04. The summed E-state index contributed by atoms with van der Waals surface area (Å²) in [5.74, 6) is -1.91. The molecule has 0 atom stereocenters. The molecule has 10 nitrogen and oxygen atoms in total. The number of benzene rings is 2. The number of hydrogen-bond donors (Lipinski definition) is 0. The summed E-state index contributed by atoms with van der Waals surface area (Å²) < 4.78 is 199. The van der Waals surface area contributed by atoms with Crippen molar-refractivity contribution in [1.29, 1.82) is 0 Å². The Kier molecular flexibility index (Phi) is 13.9. The third kappa shape index (κ3) is 9.14. The Hall–Kier alpha value is -5.31. The van der Waals surface area contributed by atoms with Gasteiger partial charge >= 0.3 is 48.0 Å². The van der Waals surface area contributed by atoms with Crippen LogP contribution in [-0.4, -0.2) is 79.6 Å². The fraction of sp³-hybridized carbons (Fsp3) is 0.263. The molecule has 0 saturated carbocycles. The molecule has 0 bridgehead atoms. The third-order valence-electron chi connectivity index (χ3n) is 9.55. The van der Waals surface area contributed by atoms with Gasteiger partial charge < -0.3 is 18.6 Å². The molecule has 0 unspecified atom stereocenters. The lowest BCUT2D eigenvalue weighted by molar-refractivity contribution is -0.351. The number of ether oxygens (including phenoxy) is 2. The molecule has 0 aliphatic heterocycles. The number of esters is 2. The highest BCUT2D eigenvalue weighted by molar-refractivity contribution is 14.1. The van der Waals surface area contributed by atoms with Gasteiger partial charge in [-0.3, -0.25) is 0 Å². The van der Waals surface area contributed by atoms with Gasteiger partial charge in [-0.2, -0.15) is 62.9 Å². The maximum absolute atomic E-state index is 14.6. The van der Waals surface area contributed by atoms with E-state index >= 15 is 0 Å². The molecule has 65 heavy (non-hydrogen) atoms. The number of aromatic nitrogens is 6. The summed E-state index contributed by atoms with van der Waals surface area (Å²) in [5, 5.41) is 8.12. The number of rotatable bonds is 8. The van der Waals surface area contributed by atoms with Gasteiger partial charge in [0, 0.05) is 37.6 Å². The first-order chi connectivity index (χ1) is 29.8. The van der Waals surface area contributed by atoms with Crippen molar-refractivity contribution >= 4 is 57.7 Å². The largest absolute Gasteiger partial charge is 0.465 e. The molecular weight excluding hydrogens is 1070 g/mol. The summed E-state index contributed by atoms with van der Waals surface area (Å²) in [6.45, 7) is 0. The summed E-state index contributed by atoms with van der Waals surface area (Å²) in [6.07, 6.45) is -19.9. The van der Waals surface area contributed by atoms with E-state index in [1.807, 2.05) is 0 Å². The highest BCUT2D eigenvalue weighted by atomic mass is 127. The topological polar surface area (TPSA) is 98.1 Å². The van der Waals surface area contributed by atoms with Gasteiger partial charge in [-0.05, 0) is 76.2 Å². The maximum Gasteiger partial charge on any atom is 0.437 e. The summed E-state index contributed by atoms with van der Waals surface area (Å²) in [6, 6.07) is 10.4. The first-order valence-corrected chi connectivity index (χ1v) is 19.2. The van der Waals surface area contributed by atoms with Gasteiger partial charge in [-0.25, -0.2) is 27.7 Å². The van der Waals surface area contributed by atoms with E-state index in [1.165, 1.54) is 83.8 Å². The van der Waals surface area contributed by atoms with Crippen LogP contribution in [0.5, 0.6) is 0 Å². The molecule has 0 N–H and O–H groups in total. The minimum atomic E-state index is -6.25. The van der Waals surface area contributed by atoms with Crippen molar-refractivity contribution in [2.45, 2.75) is 36.0 Å². The fourth-order valence-electron chi connectivity index (χ4n) is 6.26. The van der Waals surface area contributed by atoms with E-state index in [9.17, 15) is 71.1 Å². The molecule has 4 heterocycles. The number of alkyl halides is 14. The Morgan fingerprint density at radius 3 is 1.37 bits per heavy atom. The van der Waals surface area contributed by atoms with E-state index < -0.39 is 59.4 Å². The van der Waals surface area contributed by atoms with E-state index in [0.29, 0.717) is 43.5 Å². The Morgan fingerprint density at radius 1 is 0.554 bits per heavy atom. The van der Waals surface area contributed by atoms with Crippen LogP contribution in [0.3, 0.4) is 0 Å². The predicted octanol–water partition coefficient (Wildman–Crippen LogP) is 11.8. The van der Waals surface area contributed by atoms with Crippen LogP contribution < -0.4 is 0 Å². The molecule has 27 heteroatoms. The lowest BCUT2D eigenvalue weighted by atomic mass is 10.0. The summed E-state index contributed by atoms with van der Waals surface area (Å²) in [4.78, 5) is 23.6.